The lowest BCUT2D eigenvalue weighted by Gasteiger charge is -2.24. The quantitative estimate of drug-likeness (QED) is 0.622. The second kappa shape index (κ2) is 4.70. The molecule has 17 heavy (non-hydrogen) atoms. The second-order valence-corrected chi connectivity index (χ2v) is 5.96. The minimum atomic E-state index is 0.380. The van der Waals surface area contributed by atoms with Crippen molar-refractivity contribution in [2.24, 2.45) is 0 Å². The smallest absolute Gasteiger partial charge is 0.178 e. The highest BCUT2D eigenvalue weighted by molar-refractivity contribution is 14.1. The van der Waals surface area contributed by atoms with Crippen LogP contribution in [0.25, 0.3) is 11.0 Å². The fourth-order valence-corrected chi connectivity index (χ4v) is 3.24. The average Bonchev–Trinajstić information content (AvgIpc) is 2.65. The van der Waals surface area contributed by atoms with Crippen LogP contribution >= 0.6 is 34.8 Å². The summed E-state index contributed by atoms with van der Waals surface area (Å²) < 4.78 is 9.78. The molecule has 90 valence electrons. The summed E-state index contributed by atoms with van der Waals surface area (Å²) in [5.74, 6) is 0. The Morgan fingerprint density at radius 3 is 3.12 bits per heavy atom. The van der Waals surface area contributed by atoms with Gasteiger partial charge in [-0.05, 0) is 65.8 Å². The number of fused-ring (bicyclic) bond motifs is 1. The fraction of sp³-hybridized carbons (Fsp3) is 0.417. The summed E-state index contributed by atoms with van der Waals surface area (Å²) in [5.41, 5.74) is 2.30. The summed E-state index contributed by atoms with van der Waals surface area (Å²) in [6.07, 6.45) is 2.26. The molecule has 3 nitrogen and oxygen atoms in total. The molecule has 3 rings (SSSR count). The van der Waals surface area contributed by atoms with Crippen LogP contribution in [-0.2, 0) is 4.74 Å². The lowest BCUT2D eigenvalue weighted by atomic mass is 10.1. The van der Waals surface area contributed by atoms with E-state index in [9.17, 15) is 0 Å². The maximum atomic E-state index is 5.55. The minimum Gasteiger partial charge on any atom is -0.379 e. The van der Waals surface area contributed by atoms with Crippen LogP contribution in [0.3, 0.4) is 0 Å². The molecule has 1 aliphatic rings. The van der Waals surface area contributed by atoms with Crippen LogP contribution in [0.15, 0.2) is 18.2 Å². The van der Waals surface area contributed by atoms with Crippen LogP contribution in [0.4, 0.5) is 0 Å². The molecule has 2 heterocycles. The zero-order valence-corrected chi connectivity index (χ0v) is 12.3. The van der Waals surface area contributed by atoms with E-state index >= 15 is 0 Å². The highest BCUT2D eigenvalue weighted by Crippen LogP contribution is 2.26. The number of aromatic nitrogens is 2. The number of benzene rings is 1. The van der Waals surface area contributed by atoms with Crippen LogP contribution in [-0.4, -0.2) is 22.8 Å². The third kappa shape index (κ3) is 2.15. The lowest BCUT2D eigenvalue weighted by molar-refractivity contribution is 0.0600. The van der Waals surface area contributed by atoms with E-state index in [1.165, 1.54) is 9.09 Å². The summed E-state index contributed by atoms with van der Waals surface area (Å²) in [4.78, 5) is 3.28. The number of rotatable bonds is 1. The van der Waals surface area contributed by atoms with Crippen molar-refractivity contribution in [3.8, 4) is 0 Å². The Kier molecular flexibility index (Phi) is 3.23. The van der Waals surface area contributed by atoms with E-state index in [1.54, 1.807) is 0 Å². The number of ether oxygens (including phenoxy) is 1. The third-order valence-corrected chi connectivity index (χ3v) is 4.15. The molecule has 0 amide bonds. The normalized spacial score (nSPS) is 20.9. The average molecular weight is 360 g/mol. The molecule has 1 aromatic heterocycles. The summed E-state index contributed by atoms with van der Waals surface area (Å²) in [6, 6.07) is 6.76. The standard InChI is InChI=1S/C12H13IN2OS/c13-8-3-4-11-10(6-8)14-12(17)15(11)9-2-1-5-16-7-9/h3-4,6,9H,1-2,5,7H2,(H,14,17). The van der Waals surface area contributed by atoms with Crippen LogP contribution in [0.5, 0.6) is 0 Å². The molecule has 0 aliphatic carbocycles. The van der Waals surface area contributed by atoms with Crippen molar-refractivity contribution in [2.75, 3.05) is 13.2 Å². The monoisotopic (exact) mass is 360 g/mol. The van der Waals surface area contributed by atoms with Gasteiger partial charge < -0.3 is 14.3 Å². The van der Waals surface area contributed by atoms with E-state index in [0.29, 0.717) is 6.04 Å². The van der Waals surface area contributed by atoms with Gasteiger partial charge in [0.1, 0.15) is 0 Å². The van der Waals surface area contributed by atoms with Crippen molar-refractivity contribution >= 4 is 45.8 Å². The van der Waals surface area contributed by atoms with E-state index in [0.717, 1.165) is 36.3 Å². The first-order chi connectivity index (χ1) is 8.25. The molecule has 1 unspecified atom stereocenters. The van der Waals surface area contributed by atoms with Crippen molar-refractivity contribution in [1.82, 2.24) is 9.55 Å². The van der Waals surface area contributed by atoms with Gasteiger partial charge in [-0.15, -0.1) is 0 Å². The fourth-order valence-electron chi connectivity index (χ4n) is 2.39. The van der Waals surface area contributed by atoms with Gasteiger partial charge in [-0.3, -0.25) is 0 Å². The highest BCUT2D eigenvalue weighted by Gasteiger charge is 2.18. The largest absolute Gasteiger partial charge is 0.379 e. The molecule has 1 atom stereocenters. The van der Waals surface area contributed by atoms with Crippen LogP contribution in [0.1, 0.15) is 18.9 Å². The number of nitrogens with zero attached hydrogens (tertiary/aromatic N) is 1. The van der Waals surface area contributed by atoms with Gasteiger partial charge in [0, 0.05) is 10.2 Å². The van der Waals surface area contributed by atoms with Crippen molar-refractivity contribution in [3.05, 3.63) is 26.5 Å². The van der Waals surface area contributed by atoms with Gasteiger partial charge in [0.05, 0.1) is 23.7 Å². The van der Waals surface area contributed by atoms with Gasteiger partial charge in [0.25, 0.3) is 0 Å². The predicted octanol–water partition coefficient (Wildman–Crippen LogP) is 3.65. The highest BCUT2D eigenvalue weighted by atomic mass is 127. The third-order valence-electron chi connectivity index (χ3n) is 3.18. The molecule has 1 aliphatic heterocycles. The first-order valence-corrected chi connectivity index (χ1v) is 7.22. The Hall–Kier alpha value is -0.400. The van der Waals surface area contributed by atoms with Gasteiger partial charge in [-0.1, -0.05) is 0 Å². The molecule has 1 fully saturated rings. The topological polar surface area (TPSA) is 29.9 Å². The lowest BCUT2D eigenvalue weighted by Crippen LogP contribution is -2.21. The molecule has 5 heteroatoms. The molecule has 0 radical (unpaired) electrons. The van der Waals surface area contributed by atoms with Gasteiger partial charge in [-0.25, -0.2) is 0 Å². The van der Waals surface area contributed by atoms with Crippen LogP contribution < -0.4 is 0 Å². The first-order valence-electron chi connectivity index (χ1n) is 5.73. The van der Waals surface area contributed by atoms with Gasteiger partial charge in [-0.2, -0.15) is 0 Å². The Morgan fingerprint density at radius 2 is 2.35 bits per heavy atom. The Bertz CT molecular complexity index is 598. The molecular formula is C12H13IN2OS. The van der Waals surface area contributed by atoms with Crippen molar-refractivity contribution < 1.29 is 4.74 Å². The maximum absolute atomic E-state index is 5.55. The molecule has 1 N–H and O–H groups in total. The van der Waals surface area contributed by atoms with E-state index in [1.807, 2.05) is 0 Å². The molecule has 0 spiro atoms. The number of hydrogen-bond donors (Lipinski definition) is 1. The number of H-pyrrole nitrogens is 1. The van der Waals surface area contributed by atoms with Gasteiger partial charge >= 0.3 is 0 Å². The zero-order chi connectivity index (χ0) is 11.8. The van der Waals surface area contributed by atoms with E-state index in [-0.39, 0.29) is 0 Å². The number of halogens is 1. The van der Waals surface area contributed by atoms with Crippen molar-refractivity contribution in [1.29, 1.82) is 0 Å². The SMILES string of the molecule is S=c1[nH]c2cc(I)ccc2n1C1CCCOC1. The molecule has 1 aromatic carbocycles. The summed E-state index contributed by atoms with van der Waals surface area (Å²) >= 11 is 7.74. The van der Waals surface area contributed by atoms with E-state index in [2.05, 4.69) is 50.3 Å². The molecule has 2 aromatic rings. The minimum absolute atomic E-state index is 0.380. The summed E-state index contributed by atoms with van der Waals surface area (Å²) in [7, 11) is 0. The number of aromatic amines is 1. The zero-order valence-electron chi connectivity index (χ0n) is 9.28. The van der Waals surface area contributed by atoms with Crippen molar-refractivity contribution in [3.63, 3.8) is 0 Å². The predicted molar refractivity (Wildman–Crippen MR) is 78.9 cm³/mol. The summed E-state index contributed by atoms with van der Waals surface area (Å²) in [6.45, 7) is 1.65. The molecule has 0 bridgehead atoms. The molecule has 1 saturated heterocycles. The van der Waals surface area contributed by atoms with Crippen molar-refractivity contribution in [2.45, 2.75) is 18.9 Å². The van der Waals surface area contributed by atoms with E-state index < -0.39 is 0 Å². The number of nitrogens with one attached hydrogen (secondary N) is 1. The maximum Gasteiger partial charge on any atom is 0.178 e. The number of hydrogen-bond acceptors (Lipinski definition) is 2. The second-order valence-electron chi connectivity index (χ2n) is 4.33. The molecular weight excluding hydrogens is 347 g/mol. The molecule has 0 saturated carbocycles. The Morgan fingerprint density at radius 1 is 1.47 bits per heavy atom. The first kappa shape index (κ1) is 11.7. The Labute approximate surface area is 118 Å². The van der Waals surface area contributed by atoms with E-state index in [4.69, 9.17) is 17.0 Å². The summed E-state index contributed by atoms with van der Waals surface area (Å²) in [5, 5.41) is 0. The van der Waals surface area contributed by atoms with Crippen LogP contribution in [0.2, 0.25) is 0 Å². The Balaban J connectivity index is 2.14. The van der Waals surface area contributed by atoms with Gasteiger partial charge in [0.15, 0.2) is 4.77 Å². The van der Waals surface area contributed by atoms with Gasteiger partial charge in [0.2, 0.25) is 0 Å². The van der Waals surface area contributed by atoms with Crippen LogP contribution in [0, 0.1) is 8.34 Å². The number of imidazole rings is 1.